The number of rotatable bonds is 4. The highest BCUT2D eigenvalue weighted by Gasteiger charge is 2.34. The number of alkyl halides is 1. The van der Waals surface area contributed by atoms with Gasteiger partial charge in [0.1, 0.15) is 0 Å². The van der Waals surface area contributed by atoms with Gasteiger partial charge in [0.25, 0.3) is 11.8 Å². The number of fused-ring (bicyclic) bond motifs is 3. The number of aromatic nitrogens is 1. The van der Waals surface area contributed by atoms with Crippen LogP contribution in [0.2, 0.25) is 5.02 Å². The van der Waals surface area contributed by atoms with Gasteiger partial charge in [0.15, 0.2) is 0 Å². The quantitative estimate of drug-likeness (QED) is 0.384. The van der Waals surface area contributed by atoms with Crippen molar-refractivity contribution in [3.05, 3.63) is 57.2 Å². The summed E-state index contributed by atoms with van der Waals surface area (Å²) in [7, 11) is 0. The molecule has 8 heteroatoms. The molecule has 0 saturated heterocycles. The van der Waals surface area contributed by atoms with Crippen LogP contribution in [0.15, 0.2) is 41.0 Å². The van der Waals surface area contributed by atoms with E-state index in [0.717, 1.165) is 39.2 Å². The molecule has 4 rings (SSSR count). The van der Waals surface area contributed by atoms with Gasteiger partial charge >= 0.3 is 0 Å². The van der Waals surface area contributed by atoms with E-state index in [0.29, 0.717) is 21.7 Å². The Morgan fingerprint density at radius 2 is 1.78 bits per heavy atom. The van der Waals surface area contributed by atoms with Crippen LogP contribution in [0.3, 0.4) is 0 Å². The molecule has 0 saturated carbocycles. The fourth-order valence-electron chi connectivity index (χ4n) is 3.41. The van der Waals surface area contributed by atoms with E-state index in [2.05, 4.69) is 41.7 Å². The van der Waals surface area contributed by atoms with Crippen LogP contribution < -0.4 is 22.3 Å². The molecule has 1 aliphatic rings. The lowest BCUT2D eigenvalue weighted by Crippen LogP contribution is -3.00. The number of halogens is 4. The molecule has 27 heavy (non-hydrogen) atoms. The molecule has 0 aliphatic carbocycles. The number of aryl methyl sites for hydroxylation is 1. The van der Waals surface area contributed by atoms with Crippen LogP contribution in [0.4, 0.5) is 0 Å². The summed E-state index contributed by atoms with van der Waals surface area (Å²) in [4.78, 5) is 25.0. The van der Waals surface area contributed by atoms with Crippen molar-refractivity contribution in [1.82, 2.24) is 9.88 Å². The van der Waals surface area contributed by atoms with E-state index in [1.165, 1.54) is 0 Å². The van der Waals surface area contributed by atoms with E-state index < -0.39 is 0 Å². The predicted octanol–water partition coefficient (Wildman–Crippen LogP) is 2.40. The number of hydrogen-bond donors (Lipinski definition) is 1. The zero-order valence-electron chi connectivity index (χ0n) is 13.9. The van der Waals surface area contributed by atoms with Gasteiger partial charge in [-0.2, -0.15) is 0 Å². The topological polar surface area (TPSA) is 51.1 Å². The van der Waals surface area contributed by atoms with Crippen molar-refractivity contribution in [2.45, 2.75) is 13.0 Å². The van der Waals surface area contributed by atoms with Crippen molar-refractivity contribution < 1.29 is 26.6 Å². The molecule has 0 radical (unpaired) electrons. The first-order valence-corrected chi connectivity index (χ1v) is 10.3. The van der Waals surface area contributed by atoms with E-state index in [-0.39, 0.29) is 28.8 Å². The van der Waals surface area contributed by atoms with Crippen molar-refractivity contribution in [3.8, 4) is 11.1 Å². The summed E-state index contributed by atoms with van der Waals surface area (Å²) in [6, 6.07) is 9.30. The predicted molar refractivity (Wildman–Crippen MR) is 110 cm³/mol. The number of carbonyl (C=O) groups is 2. The van der Waals surface area contributed by atoms with Crippen molar-refractivity contribution >= 4 is 66.2 Å². The zero-order chi connectivity index (χ0) is 18.4. The monoisotopic (exact) mass is 573 g/mol. The van der Waals surface area contributed by atoms with Gasteiger partial charge < -0.3 is 21.5 Å². The molecular weight excluding hydrogens is 563 g/mol. The maximum Gasteiger partial charge on any atom is 0.259 e. The molecule has 4 nitrogen and oxygen atoms in total. The molecule has 0 bridgehead atoms. The number of carbonyl (C=O) groups excluding carboxylic acids is 2. The molecule has 2 heterocycles. The second-order valence-corrected chi connectivity index (χ2v) is 8.10. The maximum absolute atomic E-state index is 12.5. The number of imide groups is 1. The number of benzene rings is 2. The lowest BCUT2D eigenvalue weighted by atomic mass is 9.94. The molecule has 0 atom stereocenters. The summed E-state index contributed by atoms with van der Waals surface area (Å²) in [6.45, 7) is 0.795. The van der Waals surface area contributed by atoms with E-state index >= 15 is 0 Å². The smallest absolute Gasteiger partial charge is 0.259 e. The Morgan fingerprint density at radius 3 is 2.48 bits per heavy atom. The molecule has 0 spiro atoms. The number of hydrogen-bond acceptors (Lipinski definition) is 2. The molecule has 1 aromatic heterocycles. The van der Waals surface area contributed by atoms with Gasteiger partial charge in [0.2, 0.25) is 0 Å². The first-order valence-electron chi connectivity index (χ1n) is 8.04. The average Bonchev–Trinajstić information content (AvgIpc) is 3.09. The minimum absolute atomic E-state index is 0. The van der Waals surface area contributed by atoms with Gasteiger partial charge in [-0.1, -0.05) is 45.7 Å². The van der Waals surface area contributed by atoms with Gasteiger partial charge in [0.05, 0.1) is 16.6 Å². The first kappa shape index (κ1) is 20.6. The van der Waals surface area contributed by atoms with Crippen molar-refractivity contribution in [2.75, 3.05) is 5.33 Å². The first-order chi connectivity index (χ1) is 12.5. The van der Waals surface area contributed by atoms with E-state index in [1.54, 1.807) is 6.07 Å². The van der Waals surface area contributed by atoms with Crippen LogP contribution in [-0.4, -0.2) is 21.7 Å². The highest BCUT2D eigenvalue weighted by atomic mass is 79.9. The Morgan fingerprint density at radius 1 is 1.07 bits per heavy atom. The molecule has 1 N–H and O–H groups in total. The summed E-state index contributed by atoms with van der Waals surface area (Å²) in [5.74, 6) is -0.759. The SMILES string of the molecule is O=C1NC(=O)c2c1c(-c1ccccc1Cl)cc1c2c(Br)cn1CCCBr.[Br-]. The summed E-state index contributed by atoms with van der Waals surface area (Å²) in [5, 5.41) is 4.60. The van der Waals surface area contributed by atoms with Crippen LogP contribution in [-0.2, 0) is 6.54 Å². The summed E-state index contributed by atoms with van der Waals surface area (Å²) >= 11 is 13.4. The molecule has 0 unspecified atom stereocenters. The minimum atomic E-state index is -0.387. The average molecular weight is 576 g/mol. The van der Waals surface area contributed by atoms with Gasteiger partial charge in [-0.3, -0.25) is 14.9 Å². The standard InChI is InChI=1S/C19H13Br2ClN2O2.BrH/c20-6-3-7-24-9-12(21)16-14(24)8-11(10-4-1-2-5-13(10)22)15-17(16)19(26)23-18(15)25;/h1-2,4-5,8-9H,3,6-7H2,(H,23,25,26);1H/p-1. The number of amides is 2. The van der Waals surface area contributed by atoms with Crippen molar-refractivity contribution in [3.63, 3.8) is 0 Å². The summed E-state index contributed by atoms with van der Waals surface area (Å²) < 4.78 is 2.89. The molecule has 140 valence electrons. The lowest BCUT2D eigenvalue weighted by molar-refractivity contribution is -0.0000232. The highest BCUT2D eigenvalue weighted by Crippen LogP contribution is 2.41. The molecule has 3 aromatic rings. The van der Waals surface area contributed by atoms with Crippen LogP contribution in [0, 0.1) is 0 Å². The Hall–Kier alpha value is -1.15. The van der Waals surface area contributed by atoms with Crippen LogP contribution in [0.1, 0.15) is 27.1 Å². The highest BCUT2D eigenvalue weighted by molar-refractivity contribution is 9.10. The third kappa shape index (κ3) is 3.39. The minimum Gasteiger partial charge on any atom is -1.00 e. The van der Waals surface area contributed by atoms with Crippen LogP contribution in [0.25, 0.3) is 22.0 Å². The molecular formula is C19H13Br3ClN2O2-. The fourth-order valence-corrected chi connectivity index (χ4v) is 4.54. The third-order valence-electron chi connectivity index (χ3n) is 4.50. The van der Waals surface area contributed by atoms with Gasteiger partial charge in [-0.15, -0.1) is 0 Å². The second-order valence-electron chi connectivity index (χ2n) is 6.04. The Labute approximate surface area is 188 Å². The molecule has 2 amide bonds. The Balaban J connectivity index is 0.00000210. The Kier molecular flexibility index (Phi) is 6.15. The summed E-state index contributed by atoms with van der Waals surface area (Å²) in [5.41, 5.74) is 3.10. The van der Waals surface area contributed by atoms with Gasteiger partial charge in [0, 0.05) is 38.5 Å². The lowest BCUT2D eigenvalue weighted by Gasteiger charge is -2.12. The van der Waals surface area contributed by atoms with E-state index in [1.807, 2.05) is 30.5 Å². The van der Waals surface area contributed by atoms with Crippen LogP contribution in [0.5, 0.6) is 0 Å². The Bertz CT molecular complexity index is 1080. The number of nitrogens with zero attached hydrogens (tertiary/aromatic N) is 1. The van der Waals surface area contributed by atoms with E-state index in [4.69, 9.17) is 11.6 Å². The second kappa shape index (κ2) is 8.07. The normalized spacial score (nSPS) is 12.9. The molecule has 1 aliphatic heterocycles. The summed E-state index contributed by atoms with van der Waals surface area (Å²) in [6.07, 6.45) is 2.90. The largest absolute Gasteiger partial charge is 1.00 e. The third-order valence-corrected chi connectivity index (χ3v) is 5.99. The molecule has 2 aromatic carbocycles. The zero-order valence-corrected chi connectivity index (χ0v) is 19.4. The van der Waals surface area contributed by atoms with Gasteiger partial charge in [-0.25, -0.2) is 0 Å². The van der Waals surface area contributed by atoms with E-state index in [9.17, 15) is 9.59 Å². The van der Waals surface area contributed by atoms with Crippen LogP contribution >= 0.6 is 43.5 Å². The van der Waals surface area contributed by atoms with Crippen molar-refractivity contribution in [1.29, 1.82) is 0 Å². The van der Waals surface area contributed by atoms with Crippen molar-refractivity contribution in [2.24, 2.45) is 0 Å². The number of nitrogens with one attached hydrogen (secondary N) is 1. The maximum atomic E-state index is 12.5. The van der Waals surface area contributed by atoms with Gasteiger partial charge in [-0.05, 0) is 40.0 Å². The molecule has 0 fully saturated rings. The fraction of sp³-hybridized carbons (Fsp3) is 0.158.